The summed E-state index contributed by atoms with van der Waals surface area (Å²) < 4.78 is 5.42. The fraction of sp³-hybridized carbons (Fsp3) is 0.417. The van der Waals surface area contributed by atoms with Crippen LogP contribution in [0.3, 0.4) is 0 Å². The maximum atomic E-state index is 5.42. The Morgan fingerprint density at radius 2 is 2.40 bits per heavy atom. The third-order valence-corrected chi connectivity index (χ3v) is 1.81. The van der Waals surface area contributed by atoms with Crippen LogP contribution in [0.2, 0.25) is 0 Å². The van der Waals surface area contributed by atoms with Gasteiger partial charge in [-0.1, -0.05) is 6.92 Å². The lowest BCUT2D eigenvalue weighted by molar-refractivity contribution is 0.326. The van der Waals surface area contributed by atoms with Gasteiger partial charge in [0.05, 0.1) is 24.7 Å². The quantitative estimate of drug-likeness (QED) is 0.570. The summed E-state index contributed by atoms with van der Waals surface area (Å²) in [6.45, 7) is 3.60. The second kappa shape index (κ2) is 6.72. The molecule has 1 heterocycles. The van der Waals surface area contributed by atoms with E-state index in [1.165, 1.54) is 0 Å². The fourth-order valence-electron chi connectivity index (χ4n) is 1.09. The van der Waals surface area contributed by atoms with E-state index in [0.717, 1.165) is 24.4 Å². The third kappa shape index (κ3) is 4.37. The molecule has 15 heavy (non-hydrogen) atoms. The van der Waals surface area contributed by atoms with Crippen LogP contribution in [-0.4, -0.2) is 18.1 Å². The van der Waals surface area contributed by atoms with E-state index < -0.39 is 0 Å². The summed E-state index contributed by atoms with van der Waals surface area (Å²) in [5.41, 5.74) is 0.982. The Hall–Kier alpha value is -1.69. The molecule has 0 atom stereocenters. The van der Waals surface area contributed by atoms with Gasteiger partial charge in [-0.15, -0.1) is 12.3 Å². The lowest BCUT2D eigenvalue weighted by Crippen LogP contribution is -2.01. The highest BCUT2D eigenvalue weighted by atomic mass is 16.5. The Kier molecular flexibility index (Phi) is 5.10. The lowest BCUT2D eigenvalue weighted by atomic mass is 10.3. The summed E-state index contributed by atoms with van der Waals surface area (Å²) in [5, 5.41) is 3.24. The van der Waals surface area contributed by atoms with Crippen molar-refractivity contribution in [3.05, 3.63) is 18.5 Å². The average molecular weight is 204 g/mol. The van der Waals surface area contributed by atoms with E-state index in [0.29, 0.717) is 13.0 Å². The lowest BCUT2D eigenvalue weighted by Gasteiger charge is -2.07. The van der Waals surface area contributed by atoms with E-state index in [2.05, 4.69) is 23.1 Å². The molecule has 0 spiro atoms. The van der Waals surface area contributed by atoms with Gasteiger partial charge in [-0.05, 0) is 6.42 Å². The molecule has 0 saturated carbocycles. The number of hydrogen-bond donors (Lipinski definition) is 1. The van der Waals surface area contributed by atoms with Crippen LogP contribution in [0.5, 0.6) is 5.75 Å². The highest BCUT2D eigenvalue weighted by molar-refractivity contribution is 5.44. The SMILES string of the molecule is C#CCCOc1cncc(NCCC)c1. The maximum absolute atomic E-state index is 5.42. The number of nitrogens with zero attached hydrogens (tertiary/aromatic N) is 1. The molecule has 0 saturated heterocycles. The van der Waals surface area contributed by atoms with Gasteiger partial charge in [0.2, 0.25) is 0 Å². The summed E-state index contributed by atoms with van der Waals surface area (Å²) in [6.07, 6.45) is 10.3. The first-order valence-corrected chi connectivity index (χ1v) is 5.12. The van der Waals surface area contributed by atoms with E-state index in [1.54, 1.807) is 12.4 Å². The summed E-state index contributed by atoms with van der Waals surface area (Å²) in [5.74, 6) is 3.28. The topological polar surface area (TPSA) is 34.1 Å². The number of anilines is 1. The van der Waals surface area contributed by atoms with Crippen LogP contribution in [0.15, 0.2) is 18.5 Å². The van der Waals surface area contributed by atoms with Crippen LogP contribution < -0.4 is 10.1 Å². The minimum Gasteiger partial charge on any atom is -0.491 e. The average Bonchev–Trinajstić information content (AvgIpc) is 2.27. The maximum Gasteiger partial charge on any atom is 0.139 e. The van der Waals surface area contributed by atoms with E-state index in [1.807, 2.05) is 6.07 Å². The van der Waals surface area contributed by atoms with Gasteiger partial charge in [-0.3, -0.25) is 4.98 Å². The summed E-state index contributed by atoms with van der Waals surface area (Å²) in [7, 11) is 0. The molecule has 0 radical (unpaired) electrons. The Morgan fingerprint density at radius 1 is 1.53 bits per heavy atom. The number of hydrogen-bond acceptors (Lipinski definition) is 3. The Bertz CT molecular complexity index is 331. The van der Waals surface area contributed by atoms with Crippen LogP contribution >= 0.6 is 0 Å². The second-order valence-electron chi connectivity index (χ2n) is 3.14. The minimum atomic E-state index is 0.537. The molecule has 0 aliphatic heterocycles. The van der Waals surface area contributed by atoms with Crippen LogP contribution in [0.1, 0.15) is 19.8 Å². The van der Waals surface area contributed by atoms with Gasteiger partial charge >= 0.3 is 0 Å². The van der Waals surface area contributed by atoms with Crippen molar-refractivity contribution < 1.29 is 4.74 Å². The van der Waals surface area contributed by atoms with Crippen LogP contribution in [0, 0.1) is 12.3 Å². The molecule has 0 amide bonds. The molecule has 3 heteroatoms. The molecule has 0 bridgehead atoms. The van der Waals surface area contributed by atoms with Gasteiger partial charge in [0.25, 0.3) is 0 Å². The predicted octanol–water partition coefficient (Wildman–Crippen LogP) is 2.31. The predicted molar refractivity (Wildman–Crippen MR) is 62.0 cm³/mol. The summed E-state index contributed by atoms with van der Waals surface area (Å²) in [6, 6.07) is 1.93. The zero-order chi connectivity index (χ0) is 10.9. The number of nitrogens with one attached hydrogen (secondary N) is 1. The van der Waals surface area contributed by atoms with Crippen molar-refractivity contribution >= 4 is 5.69 Å². The number of terminal acetylenes is 1. The molecule has 0 aliphatic rings. The molecule has 0 aliphatic carbocycles. The molecular weight excluding hydrogens is 188 g/mol. The molecule has 1 aromatic rings. The number of ether oxygens (including phenoxy) is 1. The number of pyridine rings is 1. The molecule has 0 aromatic carbocycles. The molecule has 80 valence electrons. The van der Waals surface area contributed by atoms with Crippen molar-refractivity contribution in [2.24, 2.45) is 0 Å². The highest BCUT2D eigenvalue weighted by Crippen LogP contribution is 2.15. The zero-order valence-electron chi connectivity index (χ0n) is 8.99. The molecule has 0 fully saturated rings. The molecular formula is C12H16N2O. The molecule has 1 aromatic heterocycles. The number of aromatic nitrogens is 1. The third-order valence-electron chi connectivity index (χ3n) is 1.81. The monoisotopic (exact) mass is 204 g/mol. The smallest absolute Gasteiger partial charge is 0.139 e. The van der Waals surface area contributed by atoms with Crippen LogP contribution in [-0.2, 0) is 0 Å². The van der Waals surface area contributed by atoms with Gasteiger partial charge in [0.15, 0.2) is 0 Å². The molecule has 1 rings (SSSR count). The van der Waals surface area contributed by atoms with Gasteiger partial charge < -0.3 is 10.1 Å². The van der Waals surface area contributed by atoms with Gasteiger partial charge in [-0.25, -0.2) is 0 Å². The van der Waals surface area contributed by atoms with Crippen LogP contribution in [0.4, 0.5) is 5.69 Å². The van der Waals surface area contributed by atoms with E-state index in [-0.39, 0.29) is 0 Å². The summed E-state index contributed by atoms with van der Waals surface area (Å²) >= 11 is 0. The summed E-state index contributed by atoms with van der Waals surface area (Å²) in [4.78, 5) is 4.08. The van der Waals surface area contributed by atoms with Crippen molar-refractivity contribution in [1.82, 2.24) is 4.98 Å². The highest BCUT2D eigenvalue weighted by Gasteiger charge is 1.96. The van der Waals surface area contributed by atoms with E-state index in [4.69, 9.17) is 11.2 Å². The zero-order valence-corrected chi connectivity index (χ0v) is 8.99. The second-order valence-corrected chi connectivity index (χ2v) is 3.14. The van der Waals surface area contributed by atoms with Gasteiger partial charge in [0, 0.05) is 19.0 Å². The number of rotatable bonds is 6. The molecule has 3 nitrogen and oxygen atoms in total. The van der Waals surface area contributed by atoms with Crippen molar-refractivity contribution in [2.45, 2.75) is 19.8 Å². The Labute approximate surface area is 90.9 Å². The first kappa shape index (κ1) is 11.4. The van der Waals surface area contributed by atoms with Crippen molar-refractivity contribution in [2.75, 3.05) is 18.5 Å². The standard InChI is InChI=1S/C12H16N2O/c1-3-5-7-15-12-8-11(9-13-10-12)14-6-4-2/h1,8-10,14H,4-7H2,2H3. The van der Waals surface area contributed by atoms with Crippen molar-refractivity contribution in [1.29, 1.82) is 0 Å². The van der Waals surface area contributed by atoms with Crippen molar-refractivity contribution in [3.63, 3.8) is 0 Å². The first-order valence-electron chi connectivity index (χ1n) is 5.12. The Morgan fingerprint density at radius 3 is 3.13 bits per heavy atom. The minimum absolute atomic E-state index is 0.537. The van der Waals surface area contributed by atoms with Gasteiger partial charge in [0.1, 0.15) is 5.75 Å². The van der Waals surface area contributed by atoms with Crippen LogP contribution in [0.25, 0.3) is 0 Å². The van der Waals surface area contributed by atoms with Gasteiger partial charge in [-0.2, -0.15) is 0 Å². The Balaban J connectivity index is 2.47. The van der Waals surface area contributed by atoms with Crippen molar-refractivity contribution in [3.8, 4) is 18.1 Å². The normalized spacial score (nSPS) is 9.33. The fourth-order valence-corrected chi connectivity index (χ4v) is 1.09. The van der Waals surface area contributed by atoms with E-state index >= 15 is 0 Å². The largest absolute Gasteiger partial charge is 0.491 e. The van der Waals surface area contributed by atoms with E-state index in [9.17, 15) is 0 Å². The first-order chi connectivity index (χ1) is 7.36. The molecule has 1 N–H and O–H groups in total. The molecule has 0 unspecified atom stereocenters.